The van der Waals surface area contributed by atoms with E-state index in [1.54, 1.807) is 0 Å². The summed E-state index contributed by atoms with van der Waals surface area (Å²) >= 11 is 0. The van der Waals surface area contributed by atoms with E-state index in [0.717, 1.165) is 37.4 Å². The summed E-state index contributed by atoms with van der Waals surface area (Å²) in [6.45, 7) is 3.64. The molecule has 3 heterocycles. The van der Waals surface area contributed by atoms with Gasteiger partial charge in [0.2, 0.25) is 0 Å². The molecule has 0 amide bonds. The molecule has 1 N–H and O–H groups in total. The van der Waals surface area contributed by atoms with Gasteiger partial charge in [-0.25, -0.2) is 0 Å². The lowest BCUT2D eigenvalue weighted by atomic mass is 9.93. The number of ether oxygens (including phenoxy) is 1. The van der Waals surface area contributed by atoms with E-state index in [4.69, 9.17) is 14.7 Å². The van der Waals surface area contributed by atoms with Crippen molar-refractivity contribution >= 4 is 16.6 Å². The van der Waals surface area contributed by atoms with Gasteiger partial charge >= 0.3 is 0 Å². The van der Waals surface area contributed by atoms with Crippen LogP contribution in [0.5, 0.6) is 0 Å². The van der Waals surface area contributed by atoms with Crippen LogP contribution < -0.4 is 5.48 Å². The third kappa shape index (κ3) is 2.57. The topological polar surface area (TPSA) is 48.3 Å². The van der Waals surface area contributed by atoms with Crippen LogP contribution in [0.4, 0.5) is 0 Å². The second-order valence-corrected chi connectivity index (χ2v) is 7.64. The van der Waals surface area contributed by atoms with E-state index in [2.05, 4.69) is 41.4 Å². The number of rotatable bonds is 2. The monoisotopic (exact) mass is 339 g/mol. The summed E-state index contributed by atoms with van der Waals surface area (Å²) in [5.74, 6) is 0. The summed E-state index contributed by atoms with van der Waals surface area (Å²) in [5, 5.41) is 6.11. The minimum Gasteiger partial charge on any atom is -0.381 e. The molecular weight excluding hydrogens is 314 g/mol. The van der Waals surface area contributed by atoms with Crippen molar-refractivity contribution in [3.8, 4) is 0 Å². The van der Waals surface area contributed by atoms with E-state index in [-0.39, 0.29) is 5.60 Å². The third-order valence-corrected chi connectivity index (χ3v) is 5.98. The average molecular weight is 339 g/mol. The van der Waals surface area contributed by atoms with E-state index in [1.165, 1.54) is 42.1 Å². The number of nitrogens with one attached hydrogen (secondary N) is 1. The van der Waals surface area contributed by atoms with E-state index < -0.39 is 0 Å². The Kier molecular flexibility index (Phi) is 3.61. The smallest absolute Gasteiger partial charge is 0.121 e. The molecule has 0 bridgehead atoms. The van der Waals surface area contributed by atoms with Crippen molar-refractivity contribution in [1.29, 1.82) is 0 Å². The van der Waals surface area contributed by atoms with Crippen LogP contribution >= 0.6 is 0 Å². The molecule has 1 spiro atoms. The summed E-state index contributed by atoms with van der Waals surface area (Å²) in [7, 11) is 0. The molecule has 0 unspecified atom stereocenters. The van der Waals surface area contributed by atoms with Crippen molar-refractivity contribution in [3.05, 3.63) is 35.5 Å². The van der Waals surface area contributed by atoms with E-state index in [0.29, 0.717) is 6.04 Å². The number of hydrogen-bond acceptors (Lipinski definition) is 4. The number of aromatic nitrogens is 2. The van der Waals surface area contributed by atoms with Crippen LogP contribution in [0.15, 0.2) is 24.3 Å². The second-order valence-electron chi connectivity index (χ2n) is 7.64. The fourth-order valence-electron chi connectivity index (χ4n) is 4.48. The molecule has 3 aliphatic rings. The third-order valence-electron chi connectivity index (χ3n) is 5.98. The van der Waals surface area contributed by atoms with Gasteiger partial charge in [0.15, 0.2) is 0 Å². The Labute approximate surface area is 147 Å². The van der Waals surface area contributed by atoms with Gasteiger partial charge in [0.05, 0.1) is 22.9 Å². The first kappa shape index (κ1) is 15.4. The number of benzene rings is 1. The highest BCUT2D eigenvalue weighted by Crippen LogP contribution is 2.36. The van der Waals surface area contributed by atoms with E-state index in [1.807, 2.05) is 0 Å². The van der Waals surface area contributed by atoms with Crippen LogP contribution in [-0.4, -0.2) is 28.6 Å². The Morgan fingerprint density at radius 1 is 1.20 bits per heavy atom. The fourth-order valence-corrected chi connectivity index (χ4v) is 4.48. The van der Waals surface area contributed by atoms with Gasteiger partial charge in [-0.2, -0.15) is 5.10 Å². The molecule has 1 saturated heterocycles. The van der Waals surface area contributed by atoms with Crippen molar-refractivity contribution in [2.75, 3.05) is 13.2 Å². The van der Waals surface area contributed by atoms with Gasteiger partial charge < -0.3 is 4.74 Å². The quantitative estimate of drug-likeness (QED) is 0.902. The maximum absolute atomic E-state index is 5.95. The standard InChI is InChI=1S/C20H25N3O2/c1-14-17-7-6-15(12-19(17)23(21-14)16-4-2-3-5-16)18-13-20(25-22-18)8-10-24-11-9-20/h6-7,12-13,16,22H,2-5,8-11H2,1H3. The maximum atomic E-state index is 5.95. The number of fused-ring (bicyclic) bond motifs is 1. The first-order valence-electron chi connectivity index (χ1n) is 9.48. The summed E-state index contributed by atoms with van der Waals surface area (Å²) in [4.78, 5) is 5.95. The normalized spacial score (nSPS) is 23.3. The Morgan fingerprint density at radius 2 is 2.00 bits per heavy atom. The molecule has 2 aromatic rings. The van der Waals surface area contributed by atoms with Gasteiger partial charge in [-0.15, -0.1) is 0 Å². The van der Waals surface area contributed by atoms with Crippen LogP contribution in [0, 0.1) is 6.92 Å². The Bertz CT molecular complexity index is 827. The largest absolute Gasteiger partial charge is 0.381 e. The lowest BCUT2D eigenvalue weighted by molar-refractivity contribution is -0.0955. The van der Waals surface area contributed by atoms with Crippen molar-refractivity contribution in [2.45, 2.75) is 57.1 Å². The highest BCUT2D eigenvalue weighted by molar-refractivity contribution is 5.86. The lowest BCUT2D eigenvalue weighted by Crippen LogP contribution is -2.36. The van der Waals surface area contributed by atoms with E-state index in [9.17, 15) is 0 Å². The Hall–Kier alpha value is -1.85. The first-order chi connectivity index (χ1) is 12.2. The minimum absolute atomic E-state index is 0.204. The molecule has 2 fully saturated rings. The van der Waals surface area contributed by atoms with Crippen LogP contribution in [0.1, 0.15) is 55.8 Å². The second kappa shape index (κ2) is 5.85. The highest BCUT2D eigenvalue weighted by Gasteiger charge is 2.37. The lowest BCUT2D eigenvalue weighted by Gasteiger charge is -2.29. The van der Waals surface area contributed by atoms with Gasteiger partial charge in [0, 0.05) is 37.0 Å². The number of hydroxylamine groups is 1. The molecule has 0 radical (unpaired) electrons. The SMILES string of the molecule is Cc1nn(C2CCCC2)c2cc(C3=CC4(CCOCC4)ON3)ccc12. The van der Waals surface area contributed by atoms with Crippen molar-refractivity contribution in [3.63, 3.8) is 0 Å². The van der Waals surface area contributed by atoms with E-state index >= 15 is 0 Å². The molecule has 1 aliphatic carbocycles. The van der Waals surface area contributed by atoms with Gasteiger partial charge in [0.25, 0.3) is 0 Å². The van der Waals surface area contributed by atoms with Gasteiger partial charge in [-0.3, -0.25) is 15.0 Å². The minimum atomic E-state index is -0.204. The van der Waals surface area contributed by atoms with Crippen LogP contribution in [-0.2, 0) is 9.57 Å². The molecule has 25 heavy (non-hydrogen) atoms. The molecule has 5 rings (SSSR count). The predicted molar refractivity (Wildman–Crippen MR) is 97.0 cm³/mol. The zero-order valence-corrected chi connectivity index (χ0v) is 14.8. The zero-order chi connectivity index (χ0) is 16.9. The predicted octanol–water partition coefficient (Wildman–Crippen LogP) is 3.88. The van der Waals surface area contributed by atoms with Crippen molar-refractivity contribution < 1.29 is 9.57 Å². The molecular formula is C20H25N3O2. The van der Waals surface area contributed by atoms with Gasteiger partial charge in [-0.05, 0) is 31.9 Å². The molecule has 1 saturated carbocycles. The van der Waals surface area contributed by atoms with Crippen molar-refractivity contribution in [1.82, 2.24) is 15.3 Å². The van der Waals surface area contributed by atoms with Crippen LogP contribution in [0.25, 0.3) is 16.6 Å². The number of hydrogen-bond donors (Lipinski definition) is 1. The molecule has 0 atom stereocenters. The van der Waals surface area contributed by atoms with Crippen LogP contribution in [0.3, 0.4) is 0 Å². The summed E-state index contributed by atoms with van der Waals surface area (Å²) < 4.78 is 7.75. The highest BCUT2D eigenvalue weighted by atomic mass is 16.7. The van der Waals surface area contributed by atoms with Crippen molar-refractivity contribution in [2.24, 2.45) is 0 Å². The summed E-state index contributed by atoms with van der Waals surface area (Å²) in [6, 6.07) is 7.20. The molecule has 132 valence electrons. The van der Waals surface area contributed by atoms with Gasteiger partial charge in [-0.1, -0.05) is 25.0 Å². The van der Waals surface area contributed by atoms with Crippen LogP contribution in [0.2, 0.25) is 0 Å². The molecule has 2 aliphatic heterocycles. The molecule has 1 aromatic heterocycles. The molecule has 5 nitrogen and oxygen atoms in total. The number of aryl methyl sites for hydroxylation is 1. The fraction of sp³-hybridized carbons (Fsp3) is 0.550. The molecule has 1 aromatic carbocycles. The Balaban J connectivity index is 1.54. The average Bonchev–Trinajstić information content (AvgIpc) is 3.36. The summed E-state index contributed by atoms with van der Waals surface area (Å²) in [5.41, 5.74) is 7.58. The first-order valence-corrected chi connectivity index (χ1v) is 9.48. The Morgan fingerprint density at radius 3 is 2.80 bits per heavy atom. The number of nitrogens with zero attached hydrogens (tertiary/aromatic N) is 2. The molecule has 5 heteroatoms. The maximum Gasteiger partial charge on any atom is 0.121 e. The summed E-state index contributed by atoms with van der Waals surface area (Å²) in [6.07, 6.45) is 9.18. The van der Waals surface area contributed by atoms with Gasteiger partial charge in [0.1, 0.15) is 5.60 Å². The zero-order valence-electron chi connectivity index (χ0n) is 14.8.